The summed E-state index contributed by atoms with van der Waals surface area (Å²) in [5.74, 6) is 0.0367. The number of benzene rings is 1. The van der Waals surface area contributed by atoms with Crippen LogP contribution in [0.4, 0.5) is 5.13 Å². The van der Waals surface area contributed by atoms with Gasteiger partial charge < -0.3 is 4.42 Å². The van der Waals surface area contributed by atoms with Crippen molar-refractivity contribution in [1.29, 1.82) is 0 Å². The first-order chi connectivity index (χ1) is 12.8. The predicted octanol–water partition coefficient (Wildman–Crippen LogP) is 4.06. The van der Waals surface area contributed by atoms with Crippen molar-refractivity contribution in [3.63, 3.8) is 0 Å². The molecule has 26 heavy (non-hydrogen) atoms. The smallest absolute Gasteiger partial charge is 0.293 e. The minimum Gasteiger partial charge on any atom is -0.459 e. The number of anilines is 1. The molecule has 0 saturated carbocycles. The summed E-state index contributed by atoms with van der Waals surface area (Å²) in [6.07, 6.45) is 6.74. The van der Waals surface area contributed by atoms with Crippen LogP contribution in [0.15, 0.2) is 59.2 Å². The van der Waals surface area contributed by atoms with E-state index in [2.05, 4.69) is 39.5 Å². The lowest BCUT2D eigenvalue weighted by Gasteiger charge is -2.24. The van der Waals surface area contributed by atoms with Gasteiger partial charge in [-0.15, -0.1) is 11.3 Å². The number of aromatic nitrogens is 1. The number of carbonyl (C=O) groups excluding carboxylic acids is 1. The number of nitrogens with zero attached hydrogens (tertiary/aromatic N) is 2. The normalized spacial score (nSPS) is 14.5. The summed E-state index contributed by atoms with van der Waals surface area (Å²) in [7, 11) is 0. The van der Waals surface area contributed by atoms with Crippen LogP contribution in [0.2, 0.25) is 0 Å². The minimum atomic E-state index is -0.260. The number of hydrogen-bond donors (Lipinski definition) is 1. The number of nitrogens with one attached hydrogen (secondary N) is 1. The van der Waals surface area contributed by atoms with Gasteiger partial charge in [0.25, 0.3) is 5.91 Å². The molecule has 0 bridgehead atoms. The molecule has 3 aromatic rings. The molecular weight excluding hydrogens is 346 g/mol. The number of hydrogen-bond acceptors (Lipinski definition) is 5. The van der Waals surface area contributed by atoms with E-state index in [0.717, 1.165) is 31.7 Å². The lowest BCUT2D eigenvalue weighted by Crippen LogP contribution is -2.29. The molecule has 0 saturated heterocycles. The average Bonchev–Trinajstić information content (AvgIpc) is 3.31. The number of fused-ring (bicyclic) bond motifs is 1. The summed E-state index contributed by atoms with van der Waals surface area (Å²) in [4.78, 5) is 20.2. The van der Waals surface area contributed by atoms with Gasteiger partial charge in [0, 0.05) is 30.9 Å². The highest BCUT2D eigenvalue weighted by molar-refractivity contribution is 7.15. The van der Waals surface area contributed by atoms with Gasteiger partial charge in [0.1, 0.15) is 0 Å². The Hall–Kier alpha value is -2.70. The van der Waals surface area contributed by atoms with E-state index in [0.29, 0.717) is 10.9 Å². The molecule has 0 radical (unpaired) electrons. The van der Waals surface area contributed by atoms with Crippen molar-refractivity contribution in [2.45, 2.75) is 13.0 Å². The summed E-state index contributed by atoms with van der Waals surface area (Å²) in [5, 5.41) is 3.46. The molecular formula is C20H19N3O2S. The molecule has 1 N–H and O–H groups in total. The highest BCUT2D eigenvalue weighted by Gasteiger charge is 2.21. The largest absolute Gasteiger partial charge is 0.459 e. The Balaban J connectivity index is 1.36. The van der Waals surface area contributed by atoms with Crippen molar-refractivity contribution in [2.24, 2.45) is 0 Å². The number of furan rings is 1. The predicted molar refractivity (Wildman–Crippen MR) is 103 cm³/mol. The molecule has 6 heteroatoms. The minimum absolute atomic E-state index is 0.260. The third-order valence-electron chi connectivity index (χ3n) is 4.25. The first-order valence-electron chi connectivity index (χ1n) is 8.55. The SMILES string of the molecule is O=C(Nc1nc2c(s1)CN(C/C=C/c1ccccc1)CC2)c1ccco1. The van der Waals surface area contributed by atoms with Gasteiger partial charge >= 0.3 is 0 Å². The Morgan fingerprint density at radius 2 is 2.15 bits per heavy atom. The molecule has 0 atom stereocenters. The van der Waals surface area contributed by atoms with Crippen LogP contribution in [-0.4, -0.2) is 28.9 Å². The molecule has 0 unspecified atom stereocenters. The van der Waals surface area contributed by atoms with Crippen molar-refractivity contribution in [2.75, 3.05) is 18.4 Å². The summed E-state index contributed by atoms with van der Waals surface area (Å²) in [6.45, 7) is 2.74. The second-order valence-electron chi connectivity index (χ2n) is 6.12. The summed E-state index contributed by atoms with van der Waals surface area (Å²) >= 11 is 1.54. The van der Waals surface area contributed by atoms with E-state index in [4.69, 9.17) is 4.42 Å². The zero-order valence-corrected chi connectivity index (χ0v) is 15.0. The molecule has 4 rings (SSSR count). The maximum Gasteiger partial charge on any atom is 0.293 e. The van der Waals surface area contributed by atoms with E-state index in [1.165, 1.54) is 16.7 Å². The van der Waals surface area contributed by atoms with Crippen LogP contribution >= 0.6 is 11.3 Å². The van der Waals surface area contributed by atoms with Gasteiger partial charge in [-0.05, 0) is 17.7 Å². The van der Waals surface area contributed by atoms with E-state index in [1.54, 1.807) is 23.5 Å². The number of rotatable bonds is 5. The van der Waals surface area contributed by atoms with Gasteiger partial charge in [-0.3, -0.25) is 15.0 Å². The van der Waals surface area contributed by atoms with Gasteiger partial charge in [0.15, 0.2) is 10.9 Å². The van der Waals surface area contributed by atoms with E-state index in [1.807, 2.05) is 18.2 Å². The second kappa shape index (κ2) is 7.68. The Bertz CT molecular complexity index is 901. The highest BCUT2D eigenvalue weighted by Crippen LogP contribution is 2.28. The van der Waals surface area contributed by atoms with Gasteiger partial charge in [-0.1, -0.05) is 42.5 Å². The fourth-order valence-corrected chi connectivity index (χ4v) is 3.97. The van der Waals surface area contributed by atoms with Crippen LogP contribution in [0.25, 0.3) is 6.08 Å². The monoisotopic (exact) mass is 365 g/mol. The first-order valence-corrected chi connectivity index (χ1v) is 9.37. The Morgan fingerprint density at radius 1 is 1.27 bits per heavy atom. The molecule has 5 nitrogen and oxygen atoms in total. The summed E-state index contributed by atoms with van der Waals surface area (Å²) in [5.41, 5.74) is 2.30. The van der Waals surface area contributed by atoms with E-state index in [-0.39, 0.29) is 5.91 Å². The van der Waals surface area contributed by atoms with Gasteiger partial charge in [0.05, 0.1) is 12.0 Å². The quantitative estimate of drug-likeness (QED) is 0.741. The topological polar surface area (TPSA) is 58.4 Å². The molecule has 0 spiro atoms. The molecule has 0 aliphatic carbocycles. The van der Waals surface area contributed by atoms with E-state index >= 15 is 0 Å². The molecule has 2 aromatic heterocycles. The lowest BCUT2D eigenvalue weighted by molar-refractivity contribution is 0.0996. The summed E-state index contributed by atoms with van der Waals surface area (Å²) < 4.78 is 5.12. The maximum atomic E-state index is 12.1. The second-order valence-corrected chi connectivity index (χ2v) is 7.20. The van der Waals surface area contributed by atoms with Crippen molar-refractivity contribution in [3.8, 4) is 0 Å². The average molecular weight is 365 g/mol. The van der Waals surface area contributed by atoms with E-state index in [9.17, 15) is 4.79 Å². The van der Waals surface area contributed by atoms with Crippen LogP contribution in [0.5, 0.6) is 0 Å². The number of amides is 1. The van der Waals surface area contributed by atoms with Crippen molar-refractivity contribution in [1.82, 2.24) is 9.88 Å². The fourth-order valence-electron chi connectivity index (χ4n) is 2.93. The molecule has 0 fully saturated rings. The van der Waals surface area contributed by atoms with Crippen LogP contribution in [0.1, 0.15) is 26.7 Å². The molecule has 1 aliphatic heterocycles. The zero-order valence-electron chi connectivity index (χ0n) is 14.2. The molecule has 132 valence electrons. The zero-order chi connectivity index (χ0) is 17.8. The van der Waals surface area contributed by atoms with Crippen molar-refractivity contribution in [3.05, 3.63) is 76.7 Å². The number of thiazole rings is 1. The Morgan fingerprint density at radius 3 is 2.96 bits per heavy atom. The number of carbonyl (C=O) groups is 1. The van der Waals surface area contributed by atoms with Crippen LogP contribution in [-0.2, 0) is 13.0 Å². The van der Waals surface area contributed by atoms with Crippen molar-refractivity contribution < 1.29 is 9.21 Å². The summed E-state index contributed by atoms with van der Waals surface area (Å²) in [6, 6.07) is 13.7. The van der Waals surface area contributed by atoms with Crippen LogP contribution in [0, 0.1) is 0 Å². The standard InChI is InChI=1S/C20H19N3O2S/c24-19(17-9-5-13-25-17)22-20-21-16-10-12-23(14-18(16)26-20)11-4-8-15-6-2-1-3-7-15/h1-9,13H,10-12,14H2,(H,21,22,24)/b8-4+. The third-order valence-corrected chi connectivity index (χ3v) is 5.25. The highest BCUT2D eigenvalue weighted by atomic mass is 32.1. The van der Waals surface area contributed by atoms with Gasteiger partial charge in [0.2, 0.25) is 0 Å². The van der Waals surface area contributed by atoms with Gasteiger partial charge in [-0.25, -0.2) is 4.98 Å². The van der Waals surface area contributed by atoms with E-state index < -0.39 is 0 Å². The van der Waals surface area contributed by atoms with Crippen LogP contribution in [0.3, 0.4) is 0 Å². The van der Waals surface area contributed by atoms with Gasteiger partial charge in [-0.2, -0.15) is 0 Å². The molecule has 1 aliphatic rings. The third kappa shape index (κ3) is 3.92. The Kier molecular flexibility index (Phi) is 4.95. The molecule has 3 heterocycles. The maximum absolute atomic E-state index is 12.1. The lowest BCUT2D eigenvalue weighted by atomic mass is 10.1. The molecule has 1 aromatic carbocycles. The first kappa shape index (κ1) is 16.8. The fraction of sp³-hybridized carbons (Fsp3) is 0.200. The van der Waals surface area contributed by atoms with Crippen LogP contribution < -0.4 is 5.32 Å². The Labute approximate surface area is 156 Å². The molecule has 1 amide bonds. The van der Waals surface area contributed by atoms with Crippen molar-refractivity contribution >= 4 is 28.5 Å².